The number of amides is 5. The first kappa shape index (κ1) is 22.6. The maximum Gasteiger partial charge on any atom is 0.324 e. The molecule has 158 valence electrons. The Balaban J connectivity index is 0.00000300. The van der Waals surface area contributed by atoms with Crippen molar-refractivity contribution in [2.45, 2.75) is 25.5 Å². The zero-order valence-electron chi connectivity index (χ0n) is 15.9. The van der Waals surface area contributed by atoms with Gasteiger partial charge in [0, 0.05) is 30.9 Å². The highest BCUT2D eigenvalue weighted by Crippen LogP contribution is 2.15. The van der Waals surface area contributed by atoms with Crippen LogP contribution in [0.3, 0.4) is 0 Å². The fourth-order valence-corrected chi connectivity index (χ4v) is 3.00. The van der Waals surface area contributed by atoms with Gasteiger partial charge in [-0.25, -0.2) is 4.79 Å². The van der Waals surface area contributed by atoms with Crippen LogP contribution in [0, 0.1) is 0 Å². The molecule has 0 unspecified atom stereocenters. The van der Waals surface area contributed by atoms with Crippen molar-refractivity contribution >= 4 is 47.5 Å². The van der Waals surface area contributed by atoms with Gasteiger partial charge < -0.3 is 26.0 Å². The molecule has 0 aliphatic carbocycles. The second-order valence-corrected chi connectivity index (χ2v) is 6.58. The van der Waals surface area contributed by atoms with Gasteiger partial charge in [0.15, 0.2) is 0 Å². The Morgan fingerprint density at radius 1 is 1.17 bits per heavy atom. The monoisotopic (exact) mass is 425 g/mol. The Hall–Kier alpha value is -2.69. The lowest BCUT2D eigenvalue weighted by Gasteiger charge is -2.29. The Morgan fingerprint density at radius 2 is 1.83 bits per heavy atom. The second kappa shape index (κ2) is 10.2. The molecule has 2 saturated heterocycles. The number of hydrogen-bond donors (Lipinski definition) is 4. The van der Waals surface area contributed by atoms with E-state index in [1.165, 1.54) is 0 Å². The van der Waals surface area contributed by atoms with Crippen LogP contribution in [0.15, 0.2) is 24.3 Å². The van der Waals surface area contributed by atoms with Crippen molar-refractivity contribution in [2.75, 3.05) is 36.9 Å². The number of rotatable bonds is 6. The minimum atomic E-state index is -0.481. The highest BCUT2D eigenvalue weighted by molar-refractivity contribution is 6.02. The maximum atomic E-state index is 12.3. The lowest BCUT2D eigenvalue weighted by molar-refractivity contribution is -0.125. The summed E-state index contributed by atoms with van der Waals surface area (Å²) < 4.78 is 5.46. The molecule has 0 saturated carbocycles. The van der Waals surface area contributed by atoms with Crippen molar-refractivity contribution in [1.29, 1.82) is 0 Å². The van der Waals surface area contributed by atoms with Gasteiger partial charge in [-0.15, -0.1) is 12.4 Å². The Morgan fingerprint density at radius 3 is 2.41 bits per heavy atom. The minimum Gasteiger partial charge on any atom is -0.375 e. The molecule has 2 aliphatic heterocycles. The molecular weight excluding hydrogens is 402 g/mol. The van der Waals surface area contributed by atoms with Gasteiger partial charge in [0.1, 0.15) is 6.04 Å². The molecule has 0 spiro atoms. The van der Waals surface area contributed by atoms with Crippen LogP contribution < -0.4 is 21.3 Å². The van der Waals surface area contributed by atoms with Crippen LogP contribution in [0.4, 0.5) is 16.2 Å². The van der Waals surface area contributed by atoms with Crippen LogP contribution in [-0.4, -0.2) is 67.0 Å². The van der Waals surface area contributed by atoms with E-state index in [0.29, 0.717) is 24.5 Å². The molecule has 0 aromatic heterocycles. The number of hydrogen-bond acceptors (Lipinski definition) is 6. The molecule has 2 atom stereocenters. The summed E-state index contributed by atoms with van der Waals surface area (Å²) in [7, 11) is 0. The van der Waals surface area contributed by atoms with E-state index < -0.39 is 12.1 Å². The standard InChI is InChI=1S/C18H23N5O5.ClH/c1-11-16(19-7-9-28-11)17(26)22-13-4-2-12(3-5-13)21-14(24)6-8-23-15(25)10-20-18(23)27;/h2-5,11,16,19H,6-10H2,1H3,(H,20,27)(H,21,24)(H,22,26);1H/t11-,16+;/m1./s1. The van der Waals surface area contributed by atoms with E-state index in [1.807, 2.05) is 6.92 Å². The molecule has 11 heteroatoms. The molecule has 0 bridgehead atoms. The van der Waals surface area contributed by atoms with Crippen LogP contribution >= 0.6 is 12.4 Å². The van der Waals surface area contributed by atoms with E-state index in [1.54, 1.807) is 24.3 Å². The van der Waals surface area contributed by atoms with Gasteiger partial charge in [-0.2, -0.15) is 0 Å². The first-order valence-electron chi connectivity index (χ1n) is 9.08. The van der Waals surface area contributed by atoms with E-state index in [4.69, 9.17) is 4.74 Å². The van der Waals surface area contributed by atoms with E-state index in [2.05, 4.69) is 21.3 Å². The van der Waals surface area contributed by atoms with Crippen LogP contribution in [0.1, 0.15) is 13.3 Å². The van der Waals surface area contributed by atoms with Crippen LogP contribution in [0.5, 0.6) is 0 Å². The number of benzene rings is 1. The quantitative estimate of drug-likeness (QED) is 0.485. The zero-order valence-corrected chi connectivity index (χ0v) is 16.7. The Labute approximate surface area is 174 Å². The summed E-state index contributed by atoms with van der Waals surface area (Å²) in [5, 5.41) is 11.0. The lowest BCUT2D eigenvalue weighted by Crippen LogP contribution is -2.53. The number of carbonyl (C=O) groups is 4. The summed E-state index contributed by atoms with van der Waals surface area (Å²) in [6, 6.07) is 5.78. The topological polar surface area (TPSA) is 129 Å². The van der Waals surface area contributed by atoms with E-state index >= 15 is 0 Å². The van der Waals surface area contributed by atoms with Crippen LogP contribution in [0.25, 0.3) is 0 Å². The zero-order chi connectivity index (χ0) is 20.1. The highest BCUT2D eigenvalue weighted by Gasteiger charge is 2.29. The van der Waals surface area contributed by atoms with Gasteiger partial charge in [-0.1, -0.05) is 0 Å². The molecule has 0 radical (unpaired) electrons. The number of carbonyl (C=O) groups excluding carboxylic acids is 4. The van der Waals surface area contributed by atoms with Crippen molar-refractivity contribution in [3.05, 3.63) is 24.3 Å². The van der Waals surface area contributed by atoms with Gasteiger partial charge >= 0.3 is 6.03 Å². The largest absolute Gasteiger partial charge is 0.375 e. The third-order valence-electron chi connectivity index (χ3n) is 4.53. The minimum absolute atomic E-state index is 0. The molecule has 10 nitrogen and oxygen atoms in total. The number of nitrogens with zero attached hydrogens (tertiary/aromatic N) is 1. The summed E-state index contributed by atoms with van der Waals surface area (Å²) in [5.74, 6) is -0.843. The average molecular weight is 426 g/mol. The highest BCUT2D eigenvalue weighted by atomic mass is 35.5. The number of halogens is 1. The molecule has 2 fully saturated rings. The summed E-state index contributed by atoms with van der Waals surface area (Å²) in [6.45, 7) is 3.04. The first-order valence-corrected chi connectivity index (χ1v) is 9.08. The SMILES string of the molecule is C[C@H]1OCCN[C@@H]1C(=O)Nc1ccc(NC(=O)CCN2C(=O)CNC2=O)cc1.Cl. The number of ether oxygens (including phenoxy) is 1. The molecule has 4 N–H and O–H groups in total. The van der Waals surface area contributed by atoms with Crippen molar-refractivity contribution in [1.82, 2.24) is 15.5 Å². The fourth-order valence-electron chi connectivity index (χ4n) is 3.00. The third-order valence-corrected chi connectivity index (χ3v) is 4.53. The van der Waals surface area contributed by atoms with Crippen molar-refractivity contribution in [3.63, 3.8) is 0 Å². The third kappa shape index (κ3) is 5.89. The predicted octanol–water partition coefficient (Wildman–Crippen LogP) is 0.304. The average Bonchev–Trinajstić information content (AvgIpc) is 2.99. The Bertz CT molecular complexity index is 756. The molecule has 2 aliphatic rings. The predicted molar refractivity (Wildman–Crippen MR) is 108 cm³/mol. The maximum absolute atomic E-state index is 12.3. The summed E-state index contributed by atoms with van der Waals surface area (Å²) >= 11 is 0. The lowest BCUT2D eigenvalue weighted by atomic mass is 10.1. The van der Waals surface area contributed by atoms with Crippen molar-refractivity contribution in [2.24, 2.45) is 0 Å². The van der Waals surface area contributed by atoms with Gasteiger partial charge in [0.25, 0.3) is 0 Å². The van der Waals surface area contributed by atoms with Crippen LogP contribution in [-0.2, 0) is 19.1 Å². The van der Waals surface area contributed by atoms with E-state index in [-0.39, 0.29) is 55.7 Å². The van der Waals surface area contributed by atoms with Gasteiger partial charge in [0.05, 0.1) is 19.3 Å². The van der Waals surface area contributed by atoms with Crippen LogP contribution in [0.2, 0.25) is 0 Å². The normalized spacial score (nSPS) is 21.2. The Kier molecular flexibility index (Phi) is 7.94. The molecule has 29 heavy (non-hydrogen) atoms. The first-order chi connectivity index (χ1) is 13.4. The van der Waals surface area contributed by atoms with Crippen molar-refractivity contribution in [3.8, 4) is 0 Å². The second-order valence-electron chi connectivity index (χ2n) is 6.58. The molecule has 1 aromatic rings. The number of imide groups is 1. The summed E-state index contributed by atoms with van der Waals surface area (Å²) in [4.78, 5) is 48.3. The van der Waals surface area contributed by atoms with Crippen molar-refractivity contribution < 1.29 is 23.9 Å². The van der Waals surface area contributed by atoms with Gasteiger partial charge in [0.2, 0.25) is 17.7 Å². The van der Waals surface area contributed by atoms with Gasteiger partial charge in [-0.3, -0.25) is 19.3 Å². The molecular formula is C18H24ClN5O5. The number of anilines is 2. The van der Waals surface area contributed by atoms with E-state index in [9.17, 15) is 19.2 Å². The fraction of sp³-hybridized carbons (Fsp3) is 0.444. The molecule has 3 rings (SSSR count). The molecule has 5 amide bonds. The number of nitrogens with one attached hydrogen (secondary N) is 4. The summed E-state index contributed by atoms with van der Waals surface area (Å²) in [5.41, 5.74) is 1.15. The summed E-state index contributed by atoms with van der Waals surface area (Å²) in [6.07, 6.45) is -0.208. The smallest absolute Gasteiger partial charge is 0.324 e. The molecule has 1 aromatic carbocycles. The van der Waals surface area contributed by atoms with Gasteiger partial charge in [-0.05, 0) is 31.2 Å². The number of morpholine rings is 1. The number of urea groups is 1. The van der Waals surface area contributed by atoms with E-state index in [0.717, 1.165) is 4.90 Å². The molecule has 2 heterocycles.